The summed E-state index contributed by atoms with van der Waals surface area (Å²) in [4.78, 5) is 4.47. The molecular formula is C17H18N4. The maximum atomic E-state index is 4.47. The van der Waals surface area contributed by atoms with Gasteiger partial charge in [-0.25, -0.2) is 0 Å². The van der Waals surface area contributed by atoms with Gasteiger partial charge in [0.1, 0.15) is 0 Å². The van der Waals surface area contributed by atoms with Crippen molar-refractivity contribution in [3.8, 4) is 11.1 Å². The average Bonchev–Trinajstić information content (AvgIpc) is 2.99. The van der Waals surface area contributed by atoms with Crippen LogP contribution in [0.25, 0.3) is 11.1 Å². The van der Waals surface area contributed by atoms with E-state index in [1.54, 1.807) is 0 Å². The standard InChI is InChI=1S/C17H18N4/c1-18-9-14-7-8-17(19-10-14)13-21-12-16(11-20-21)15-5-3-2-4-6-15/h2-8,10-12,18H,9,13H2,1H3. The number of hydrogen-bond donors (Lipinski definition) is 1. The van der Waals surface area contributed by atoms with E-state index in [-0.39, 0.29) is 0 Å². The third-order valence-electron chi connectivity index (χ3n) is 3.33. The fraction of sp³-hybridized carbons (Fsp3) is 0.176. The number of aromatic nitrogens is 3. The Morgan fingerprint density at radius 1 is 1.00 bits per heavy atom. The van der Waals surface area contributed by atoms with Crippen LogP contribution in [-0.2, 0) is 13.1 Å². The smallest absolute Gasteiger partial charge is 0.0831 e. The van der Waals surface area contributed by atoms with Crippen LogP contribution >= 0.6 is 0 Å². The summed E-state index contributed by atoms with van der Waals surface area (Å²) in [6.45, 7) is 1.53. The lowest BCUT2D eigenvalue weighted by atomic mass is 10.1. The lowest BCUT2D eigenvalue weighted by Gasteiger charge is -2.03. The number of rotatable bonds is 5. The van der Waals surface area contributed by atoms with E-state index >= 15 is 0 Å². The van der Waals surface area contributed by atoms with E-state index in [1.807, 2.05) is 42.3 Å². The van der Waals surface area contributed by atoms with Crippen molar-refractivity contribution in [2.45, 2.75) is 13.1 Å². The third-order valence-corrected chi connectivity index (χ3v) is 3.33. The molecule has 1 N–H and O–H groups in total. The maximum absolute atomic E-state index is 4.47. The summed E-state index contributed by atoms with van der Waals surface area (Å²) < 4.78 is 1.92. The largest absolute Gasteiger partial charge is 0.316 e. The van der Waals surface area contributed by atoms with Crippen LogP contribution in [0.1, 0.15) is 11.3 Å². The first kappa shape index (κ1) is 13.5. The number of hydrogen-bond acceptors (Lipinski definition) is 3. The topological polar surface area (TPSA) is 42.7 Å². The van der Waals surface area contributed by atoms with E-state index in [4.69, 9.17) is 0 Å². The second-order valence-corrected chi connectivity index (χ2v) is 4.98. The molecule has 3 rings (SSSR count). The van der Waals surface area contributed by atoms with Crippen molar-refractivity contribution in [1.82, 2.24) is 20.1 Å². The quantitative estimate of drug-likeness (QED) is 0.780. The first-order valence-electron chi connectivity index (χ1n) is 7.01. The van der Waals surface area contributed by atoms with Gasteiger partial charge in [0, 0.05) is 24.5 Å². The molecule has 0 aliphatic heterocycles. The van der Waals surface area contributed by atoms with Gasteiger partial charge in [-0.1, -0.05) is 36.4 Å². The molecule has 1 aromatic carbocycles. The number of benzene rings is 1. The number of nitrogens with one attached hydrogen (secondary N) is 1. The summed E-state index contributed by atoms with van der Waals surface area (Å²) in [6.07, 6.45) is 5.86. The van der Waals surface area contributed by atoms with E-state index in [0.717, 1.165) is 17.8 Å². The molecule has 4 nitrogen and oxygen atoms in total. The SMILES string of the molecule is CNCc1ccc(Cn2cc(-c3ccccc3)cn2)nc1. The van der Waals surface area contributed by atoms with Gasteiger partial charge in [0.2, 0.25) is 0 Å². The molecular weight excluding hydrogens is 260 g/mol. The van der Waals surface area contributed by atoms with Gasteiger partial charge in [-0.05, 0) is 24.2 Å². The van der Waals surface area contributed by atoms with Crippen LogP contribution in [0.4, 0.5) is 0 Å². The van der Waals surface area contributed by atoms with Gasteiger partial charge in [0.25, 0.3) is 0 Å². The Kier molecular flexibility index (Phi) is 4.07. The van der Waals surface area contributed by atoms with Gasteiger partial charge >= 0.3 is 0 Å². The molecule has 0 saturated carbocycles. The minimum Gasteiger partial charge on any atom is -0.316 e. The van der Waals surface area contributed by atoms with Crippen LogP contribution in [-0.4, -0.2) is 21.8 Å². The zero-order valence-corrected chi connectivity index (χ0v) is 12.0. The monoisotopic (exact) mass is 278 g/mol. The molecule has 4 heteroatoms. The Morgan fingerprint density at radius 2 is 1.86 bits per heavy atom. The van der Waals surface area contributed by atoms with Crippen LogP contribution in [0.2, 0.25) is 0 Å². The third kappa shape index (κ3) is 3.35. The first-order chi connectivity index (χ1) is 10.3. The molecule has 2 heterocycles. The molecule has 0 unspecified atom stereocenters. The summed E-state index contributed by atoms with van der Waals surface area (Å²) in [7, 11) is 1.93. The Bertz CT molecular complexity index is 686. The molecule has 3 aromatic rings. The van der Waals surface area contributed by atoms with Crippen molar-refractivity contribution >= 4 is 0 Å². The summed E-state index contributed by atoms with van der Waals surface area (Å²) in [5.74, 6) is 0. The molecule has 0 bridgehead atoms. The zero-order valence-electron chi connectivity index (χ0n) is 12.0. The second kappa shape index (κ2) is 6.33. The van der Waals surface area contributed by atoms with Crippen LogP contribution in [0.5, 0.6) is 0 Å². The predicted molar refractivity (Wildman–Crippen MR) is 83.8 cm³/mol. The average molecular weight is 278 g/mol. The minimum absolute atomic E-state index is 0.687. The van der Waals surface area contributed by atoms with E-state index < -0.39 is 0 Å². The summed E-state index contributed by atoms with van der Waals surface area (Å²) in [5.41, 5.74) is 4.51. The Labute approximate surface area is 124 Å². The highest BCUT2D eigenvalue weighted by Gasteiger charge is 2.03. The molecule has 106 valence electrons. The molecule has 0 spiro atoms. The first-order valence-corrected chi connectivity index (χ1v) is 7.01. The van der Waals surface area contributed by atoms with Crippen molar-refractivity contribution in [3.63, 3.8) is 0 Å². The Morgan fingerprint density at radius 3 is 2.57 bits per heavy atom. The zero-order chi connectivity index (χ0) is 14.5. The van der Waals surface area contributed by atoms with Gasteiger partial charge in [-0.15, -0.1) is 0 Å². The molecule has 21 heavy (non-hydrogen) atoms. The molecule has 0 amide bonds. The van der Waals surface area contributed by atoms with Crippen LogP contribution in [0.3, 0.4) is 0 Å². The van der Waals surface area contributed by atoms with Crippen molar-refractivity contribution in [1.29, 1.82) is 0 Å². The van der Waals surface area contributed by atoms with Gasteiger partial charge < -0.3 is 5.32 Å². The molecule has 0 radical (unpaired) electrons. The summed E-state index contributed by atoms with van der Waals surface area (Å²) in [6, 6.07) is 14.4. The van der Waals surface area contributed by atoms with Gasteiger partial charge in [0.05, 0.1) is 18.4 Å². The van der Waals surface area contributed by atoms with Gasteiger partial charge in [-0.2, -0.15) is 5.10 Å². The van der Waals surface area contributed by atoms with Crippen LogP contribution < -0.4 is 5.32 Å². The molecule has 0 aliphatic rings. The highest BCUT2D eigenvalue weighted by molar-refractivity contribution is 5.61. The lowest BCUT2D eigenvalue weighted by molar-refractivity contribution is 0.671. The van der Waals surface area contributed by atoms with Crippen molar-refractivity contribution in [2.24, 2.45) is 0 Å². The van der Waals surface area contributed by atoms with E-state index in [1.165, 1.54) is 11.1 Å². The maximum Gasteiger partial charge on any atom is 0.0831 e. The van der Waals surface area contributed by atoms with E-state index in [9.17, 15) is 0 Å². The second-order valence-electron chi connectivity index (χ2n) is 4.98. The normalized spacial score (nSPS) is 10.7. The van der Waals surface area contributed by atoms with Crippen molar-refractivity contribution < 1.29 is 0 Å². The van der Waals surface area contributed by atoms with Crippen molar-refractivity contribution in [3.05, 3.63) is 72.3 Å². The highest BCUT2D eigenvalue weighted by atomic mass is 15.3. The molecule has 0 saturated heterocycles. The summed E-state index contributed by atoms with van der Waals surface area (Å²) >= 11 is 0. The summed E-state index contributed by atoms with van der Waals surface area (Å²) in [5, 5.41) is 7.53. The molecule has 0 atom stereocenters. The molecule has 2 aromatic heterocycles. The van der Waals surface area contributed by atoms with Crippen LogP contribution in [0, 0.1) is 0 Å². The fourth-order valence-corrected chi connectivity index (χ4v) is 2.25. The Balaban J connectivity index is 1.72. The minimum atomic E-state index is 0.687. The highest BCUT2D eigenvalue weighted by Crippen LogP contribution is 2.17. The number of pyridine rings is 1. The fourth-order valence-electron chi connectivity index (χ4n) is 2.25. The predicted octanol–water partition coefficient (Wildman–Crippen LogP) is 2.71. The molecule has 0 aliphatic carbocycles. The van der Waals surface area contributed by atoms with Crippen LogP contribution in [0.15, 0.2) is 61.1 Å². The molecule has 0 fully saturated rings. The Hall–Kier alpha value is -2.46. The van der Waals surface area contributed by atoms with Crippen molar-refractivity contribution in [2.75, 3.05) is 7.05 Å². The number of nitrogens with zero attached hydrogens (tertiary/aromatic N) is 3. The van der Waals surface area contributed by atoms with E-state index in [0.29, 0.717) is 6.54 Å². The van der Waals surface area contributed by atoms with Gasteiger partial charge in [0.15, 0.2) is 0 Å². The van der Waals surface area contributed by atoms with Gasteiger partial charge in [-0.3, -0.25) is 9.67 Å². The van der Waals surface area contributed by atoms with E-state index in [2.05, 4.69) is 45.9 Å². The lowest BCUT2D eigenvalue weighted by Crippen LogP contribution is -2.07.